The first kappa shape index (κ1) is 21.5. The van der Waals surface area contributed by atoms with Crippen LogP contribution in [0.5, 0.6) is 5.75 Å². The summed E-state index contributed by atoms with van der Waals surface area (Å²) in [4.78, 5) is 0. The number of halogens is 2. The van der Waals surface area contributed by atoms with Gasteiger partial charge in [0.05, 0.1) is 25.9 Å². The molecule has 0 aromatic heterocycles. The van der Waals surface area contributed by atoms with E-state index in [0.29, 0.717) is 34.7 Å². The molecular formula is C22H24ClFO6. The van der Waals surface area contributed by atoms with Crippen molar-refractivity contribution < 1.29 is 33.9 Å². The van der Waals surface area contributed by atoms with Gasteiger partial charge in [-0.1, -0.05) is 23.7 Å². The molecule has 8 heteroatoms. The molecule has 2 aliphatic heterocycles. The van der Waals surface area contributed by atoms with Crippen molar-refractivity contribution in [2.75, 3.05) is 19.8 Å². The highest BCUT2D eigenvalue weighted by atomic mass is 35.5. The molecule has 2 aliphatic rings. The molecule has 2 heterocycles. The molecule has 0 aliphatic carbocycles. The number of ether oxygens (including phenoxy) is 3. The molecule has 0 saturated carbocycles. The number of benzene rings is 2. The Morgan fingerprint density at radius 3 is 2.70 bits per heavy atom. The van der Waals surface area contributed by atoms with Crippen molar-refractivity contribution in [2.45, 2.75) is 43.4 Å². The first-order valence-corrected chi connectivity index (χ1v) is 10.2. The smallest absolute Gasteiger partial charge is 0.222 e. The first-order valence-electron chi connectivity index (χ1n) is 9.85. The van der Waals surface area contributed by atoms with Gasteiger partial charge in [0.15, 0.2) is 11.6 Å². The van der Waals surface area contributed by atoms with E-state index in [0.717, 1.165) is 0 Å². The standard InChI is InChI=1S/C22H24ClFO6/c1-2-28-18-6-3-13(8-17(18)24)7-14-9-15(4-5-16(14)23)22-20(27)10-19(26)21(11-25,30-22)12-29-22/h3-6,8-9,19-20,25-27H,2,7,10-12H2,1H3. The fourth-order valence-corrected chi connectivity index (χ4v) is 4.28. The Bertz CT molecular complexity index is 940. The molecule has 2 fully saturated rings. The van der Waals surface area contributed by atoms with E-state index in [-0.39, 0.29) is 18.8 Å². The van der Waals surface area contributed by atoms with Crippen LogP contribution in [0.4, 0.5) is 4.39 Å². The minimum Gasteiger partial charge on any atom is -0.491 e. The zero-order chi connectivity index (χ0) is 21.5. The number of rotatable bonds is 6. The third-order valence-electron chi connectivity index (χ3n) is 5.78. The van der Waals surface area contributed by atoms with E-state index in [1.54, 1.807) is 37.3 Å². The summed E-state index contributed by atoms with van der Waals surface area (Å²) in [6.07, 6.45) is -1.84. The summed E-state index contributed by atoms with van der Waals surface area (Å²) in [7, 11) is 0. The summed E-state index contributed by atoms with van der Waals surface area (Å²) in [5.41, 5.74) is 0.629. The molecule has 4 atom stereocenters. The Kier molecular flexibility index (Phi) is 5.78. The first-order chi connectivity index (χ1) is 14.3. The van der Waals surface area contributed by atoms with Gasteiger partial charge in [0, 0.05) is 17.0 Å². The van der Waals surface area contributed by atoms with Gasteiger partial charge >= 0.3 is 0 Å². The molecule has 2 saturated heterocycles. The van der Waals surface area contributed by atoms with Gasteiger partial charge in [0.25, 0.3) is 0 Å². The van der Waals surface area contributed by atoms with E-state index in [2.05, 4.69) is 0 Å². The van der Waals surface area contributed by atoms with E-state index in [1.165, 1.54) is 6.07 Å². The van der Waals surface area contributed by atoms with Crippen molar-refractivity contribution in [2.24, 2.45) is 0 Å². The highest BCUT2D eigenvalue weighted by molar-refractivity contribution is 6.31. The second-order valence-electron chi connectivity index (χ2n) is 7.73. The van der Waals surface area contributed by atoms with Crippen LogP contribution in [0, 0.1) is 5.82 Å². The van der Waals surface area contributed by atoms with E-state index in [1.807, 2.05) is 0 Å². The second-order valence-corrected chi connectivity index (χ2v) is 8.14. The molecular weight excluding hydrogens is 415 g/mol. The van der Waals surface area contributed by atoms with E-state index >= 15 is 0 Å². The van der Waals surface area contributed by atoms with Crippen LogP contribution in [-0.4, -0.2) is 52.9 Å². The van der Waals surface area contributed by atoms with Gasteiger partial charge in [-0.2, -0.15) is 0 Å². The van der Waals surface area contributed by atoms with Gasteiger partial charge < -0.3 is 29.5 Å². The molecule has 3 N–H and O–H groups in total. The van der Waals surface area contributed by atoms with Crippen molar-refractivity contribution in [1.29, 1.82) is 0 Å². The molecule has 2 bridgehead atoms. The number of hydrogen-bond acceptors (Lipinski definition) is 6. The van der Waals surface area contributed by atoms with Gasteiger partial charge in [-0.3, -0.25) is 0 Å². The SMILES string of the molecule is CCOc1ccc(Cc2cc(C34OCC(CO)(O3)C(O)CC4O)ccc2Cl)cc1F. The molecule has 2 aromatic carbocycles. The maximum atomic E-state index is 14.2. The third kappa shape index (κ3) is 3.49. The lowest BCUT2D eigenvalue weighted by atomic mass is 9.86. The Labute approximate surface area is 178 Å². The molecule has 6 nitrogen and oxygen atoms in total. The predicted octanol–water partition coefficient (Wildman–Crippen LogP) is 2.52. The Hall–Kier alpha value is -1.74. The quantitative estimate of drug-likeness (QED) is 0.642. The molecule has 162 valence electrons. The molecule has 2 aromatic rings. The number of fused-ring (bicyclic) bond motifs is 2. The molecule has 30 heavy (non-hydrogen) atoms. The molecule has 4 unspecified atom stereocenters. The van der Waals surface area contributed by atoms with Crippen LogP contribution in [0.1, 0.15) is 30.0 Å². The minimum absolute atomic E-state index is 0.00260. The molecule has 0 amide bonds. The van der Waals surface area contributed by atoms with Crippen molar-refractivity contribution >= 4 is 11.6 Å². The van der Waals surface area contributed by atoms with Crippen LogP contribution in [0.3, 0.4) is 0 Å². The molecule has 4 rings (SSSR count). The molecule has 0 radical (unpaired) electrons. The summed E-state index contributed by atoms with van der Waals surface area (Å²) < 4.78 is 31.2. The summed E-state index contributed by atoms with van der Waals surface area (Å²) >= 11 is 6.38. The lowest BCUT2D eigenvalue weighted by Crippen LogP contribution is -2.57. The fourth-order valence-electron chi connectivity index (χ4n) is 4.09. The fraction of sp³-hybridized carbons (Fsp3) is 0.455. The summed E-state index contributed by atoms with van der Waals surface area (Å²) in [6.45, 7) is 1.67. The number of hydrogen-bond donors (Lipinski definition) is 3. The normalized spacial score (nSPS) is 30.5. The Morgan fingerprint density at radius 2 is 2.00 bits per heavy atom. The lowest BCUT2D eigenvalue weighted by molar-refractivity contribution is -0.300. The van der Waals surface area contributed by atoms with Gasteiger partial charge in [0.1, 0.15) is 11.7 Å². The van der Waals surface area contributed by atoms with Crippen molar-refractivity contribution in [3.05, 3.63) is 63.9 Å². The lowest BCUT2D eigenvalue weighted by Gasteiger charge is -2.43. The third-order valence-corrected chi connectivity index (χ3v) is 6.15. The minimum atomic E-state index is -1.51. The van der Waals surface area contributed by atoms with E-state index in [4.69, 9.17) is 25.8 Å². The van der Waals surface area contributed by atoms with Gasteiger partial charge in [-0.15, -0.1) is 0 Å². The highest BCUT2D eigenvalue weighted by Crippen LogP contribution is 2.49. The maximum Gasteiger partial charge on any atom is 0.222 e. The zero-order valence-corrected chi connectivity index (χ0v) is 17.2. The predicted molar refractivity (Wildman–Crippen MR) is 107 cm³/mol. The van der Waals surface area contributed by atoms with E-state index < -0.39 is 36.0 Å². The number of aliphatic hydroxyl groups excluding tert-OH is 3. The van der Waals surface area contributed by atoms with Gasteiger partial charge in [-0.25, -0.2) is 4.39 Å². The maximum absolute atomic E-state index is 14.2. The Morgan fingerprint density at radius 1 is 1.20 bits per heavy atom. The zero-order valence-electron chi connectivity index (χ0n) is 16.5. The van der Waals surface area contributed by atoms with Crippen LogP contribution in [0.15, 0.2) is 36.4 Å². The largest absolute Gasteiger partial charge is 0.491 e. The van der Waals surface area contributed by atoms with Crippen molar-refractivity contribution in [1.82, 2.24) is 0 Å². The average molecular weight is 439 g/mol. The van der Waals surface area contributed by atoms with Crippen LogP contribution in [-0.2, 0) is 21.7 Å². The van der Waals surface area contributed by atoms with Crippen LogP contribution in [0.2, 0.25) is 5.02 Å². The van der Waals surface area contributed by atoms with E-state index in [9.17, 15) is 19.7 Å². The van der Waals surface area contributed by atoms with Gasteiger partial charge in [-0.05, 0) is 48.7 Å². The van der Waals surface area contributed by atoms with Crippen LogP contribution >= 0.6 is 11.6 Å². The van der Waals surface area contributed by atoms with Gasteiger partial charge in [0.2, 0.25) is 5.79 Å². The second kappa shape index (κ2) is 8.07. The number of aliphatic hydroxyl groups is 3. The summed E-state index contributed by atoms with van der Waals surface area (Å²) in [5.74, 6) is -1.77. The van der Waals surface area contributed by atoms with Crippen LogP contribution < -0.4 is 4.74 Å². The van der Waals surface area contributed by atoms with Crippen molar-refractivity contribution in [3.8, 4) is 5.75 Å². The summed E-state index contributed by atoms with van der Waals surface area (Å²) in [6, 6.07) is 9.83. The molecule has 0 spiro atoms. The topological polar surface area (TPSA) is 88.4 Å². The summed E-state index contributed by atoms with van der Waals surface area (Å²) in [5, 5.41) is 31.2. The monoisotopic (exact) mass is 438 g/mol. The highest BCUT2D eigenvalue weighted by Gasteiger charge is 2.63. The average Bonchev–Trinajstić information content (AvgIpc) is 3.10. The van der Waals surface area contributed by atoms with Crippen molar-refractivity contribution in [3.63, 3.8) is 0 Å². The van der Waals surface area contributed by atoms with Crippen LogP contribution in [0.25, 0.3) is 0 Å². The Balaban J connectivity index is 1.65.